The molecule has 12 heavy (non-hydrogen) atoms. The maximum atomic E-state index is 11.5. The highest BCUT2D eigenvalue weighted by atomic mass is 32.2. The fourth-order valence-electron chi connectivity index (χ4n) is 1.64. The Hall–Kier alpha value is -0.470. The van der Waals surface area contributed by atoms with Gasteiger partial charge in [0.25, 0.3) is 0 Å². The molecule has 0 amide bonds. The van der Waals surface area contributed by atoms with Gasteiger partial charge in [-0.05, 0) is 29.6 Å². The van der Waals surface area contributed by atoms with Crippen LogP contribution >= 0.6 is 0 Å². The Bertz CT molecular complexity index is 256. The van der Waals surface area contributed by atoms with Crippen molar-refractivity contribution in [2.45, 2.75) is 24.2 Å². The third-order valence-corrected chi connectivity index (χ3v) is 3.90. The van der Waals surface area contributed by atoms with Gasteiger partial charge in [0.15, 0.2) is 4.90 Å². The van der Waals surface area contributed by atoms with Crippen LogP contribution in [0.4, 0.5) is 0 Å². The SMILES string of the molecule is CC1CC[S+]([O-])c2ccccc21. The van der Waals surface area contributed by atoms with Gasteiger partial charge in [-0.15, -0.1) is 0 Å². The molecule has 1 aromatic rings. The van der Waals surface area contributed by atoms with E-state index in [1.165, 1.54) is 5.56 Å². The van der Waals surface area contributed by atoms with Gasteiger partial charge in [0.1, 0.15) is 5.75 Å². The standard InChI is InChI=1S/C10H12OS/c1-8-6-7-12(11)10-5-3-2-4-9(8)10/h2-5,8H,6-7H2,1H3. The fraction of sp³-hybridized carbons (Fsp3) is 0.400. The van der Waals surface area contributed by atoms with Crippen molar-refractivity contribution < 1.29 is 4.55 Å². The first-order valence-electron chi connectivity index (χ1n) is 4.26. The van der Waals surface area contributed by atoms with E-state index in [4.69, 9.17) is 0 Å². The van der Waals surface area contributed by atoms with E-state index in [1.807, 2.05) is 18.2 Å². The van der Waals surface area contributed by atoms with E-state index >= 15 is 0 Å². The quantitative estimate of drug-likeness (QED) is 0.562. The average Bonchev–Trinajstić information content (AvgIpc) is 2.12. The molecule has 1 nitrogen and oxygen atoms in total. The summed E-state index contributed by atoms with van der Waals surface area (Å²) in [5, 5.41) is 0. The zero-order chi connectivity index (χ0) is 8.55. The molecule has 64 valence electrons. The van der Waals surface area contributed by atoms with Crippen LogP contribution in [0.5, 0.6) is 0 Å². The van der Waals surface area contributed by atoms with Crippen molar-refractivity contribution in [1.82, 2.24) is 0 Å². The lowest BCUT2D eigenvalue weighted by molar-refractivity contribution is 0.573. The highest BCUT2D eigenvalue weighted by Crippen LogP contribution is 2.32. The third kappa shape index (κ3) is 1.25. The van der Waals surface area contributed by atoms with Crippen molar-refractivity contribution in [1.29, 1.82) is 0 Å². The molecule has 1 heterocycles. The molecule has 0 spiro atoms. The van der Waals surface area contributed by atoms with E-state index in [-0.39, 0.29) is 0 Å². The minimum atomic E-state index is -0.736. The Morgan fingerprint density at radius 3 is 2.92 bits per heavy atom. The summed E-state index contributed by atoms with van der Waals surface area (Å²) < 4.78 is 11.5. The molecule has 2 heteroatoms. The largest absolute Gasteiger partial charge is 0.611 e. The summed E-state index contributed by atoms with van der Waals surface area (Å²) in [6, 6.07) is 8.07. The van der Waals surface area contributed by atoms with Gasteiger partial charge in [-0.25, -0.2) is 0 Å². The fourth-order valence-corrected chi connectivity index (χ4v) is 3.19. The Balaban J connectivity index is 2.47. The van der Waals surface area contributed by atoms with Crippen molar-refractivity contribution in [3.05, 3.63) is 29.8 Å². The molecule has 2 unspecified atom stereocenters. The van der Waals surface area contributed by atoms with Crippen molar-refractivity contribution in [2.75, 3.05) is 5.75 Å². The zero-order valence-corrected chi connectivity index (χ0v) is 7.93. The lowest BCUT2D eigenvalue weighted by atomic mass is 9.98. The molecule has 0 N–H and O–H groups in total. The van der Waals surface area contributed by atoms with Gasteiger partial charge in [0.05, 0.1) is 0 Å². The molecule has 1 aromatic carbocycles. The van der Waals surface area contributed by atoms with E-state index in [9.17, 15) is 4.55 Å². The van der Waals surface area contributed by atoms with Gasteiger partial charge < -0.3 is 4.55 Å². The maximum absolute atomic E-state index is 11.5. The lowest BCUT2D eigenvalue weighted by Gasteiger charge is -2.23. The molecule has 0 aliphatic carbocycles. The van der Waals surface area contributed by atoms with Gasteiger partial charge in [-0.3, -0.25) is 0 Å². The number of hydrogen-bond acceptors (Lipinski definition) is 1. The maximum Gasteiger partial charge on any atom is 0.156 e. The summed E-state index contributed by atoms with van der Waals surface area (Å²) in [6.07, 6.45) is 1.06. The second kappa shape index (κ2) is 3.11. The summed E-state index contributed by atoms with van der Waals surface area (Å²) in [4.78, 5) is 1.05. The Morgan fingerprint density at radius 1 is 1.42 bits per heavy atom. The van der Waals surface area contributed by atoms with Crippen molar-refractivity contribution in [3.63, 3.8) is 0 Å². The summed E-state index contributed by atoms with van der Waals surface area (Å²) in [5.74, 6) is 1.41. The Morgan fingerprint density at radius 2 is 2.17 bits per heavy atom. The first-order chi connectivity index (χ1) is 5.79. The van der Waals surface area contributed by atoms with Crippen LogP contribution in [0.15, 0.2) is 29.2 Å². The first-order valence-corrected chi connectivity index (χ1v) is 5.58. The monoisotopic (exact) mass is 180 g/mol. The van der Waals surface area contributed by atoms with E-state index in [2.05, 4.69) is 13.0 Å². The average molecular weight is 180 g/mol. The van der Waals surface area contributed by atoms with Crippen LogP contribution in [0.2, 0.25) is 0 Å². The lowest BCUT2D eigenvalue weighted by Crippen LogP contribution is -2.18. The molecule has 2 rings (SSSR count). The third-order valence-electron chi connectivity index (χ3n) is 2.43. The topological polar surface area (TPSA) is 23.1 Å². The molecular weight excluding hydrogens is 168 g/mol. The van der Waals surface area contributed by atoms with E-state index in [0.29, 0.717) is 5.92 Å². The van der Waals surface area contributed by atoms with Crippen molar-refractivity contribution in [3.8, 4) is 0 Å². The molecule has 0 radical (unpaired) electrons. The molecule has 1 aliphatic rings. The van der Waals surface area contributed by atoms with E-state index < -0.39 is 11.2 Å². The molecular formula is C10H12OS. The minimum Gasteiger partial charge on any atom is -0.611 e. The molecule has 0 saturated carbocycles. The molecule has 0 fully saturated rings. The second-order valence-corrected chi connectivity index (χ2v) is 4.82. The number of benzene rings is 1. The summed E-state index contributed by atoms with van der Waals surface area (Å²) in [7, 11) is 0. The van der Waals surface area contributed by atoms with Crippen LogP contribution in [0, 0.1) is 0 Å². The van der Waals surface area contributed by atoms with Gasteiger partial charge in [-0.2, -0.15) is 0 Å². The highest BCUT2D eigenvalue weighted by Gasteiger charge is 2.25. The Labute approximate surface area is 76.0 Å². The van der Waals surface area contributed by atoms with Crippen LogP contribution in [0.1, 0.15) is 24.8 Å². The van der Waals surface area contributed by atoms with E-state index in [1.54, 1.807) is 0 Å². The number of hydrogen-bond donors (Lipinski definition) is 0. The normalized spacial score (nSPS) is 28.2. The van der Waals surface area contributed by atoms with Crippen molar-refractivity contribution in [2.24, 2.45) is 0 Å². The highest BCUT2D eigenvalue weighted by molar-refractivity contribution is 7.91. The van der Waals surface area contributed by atoms with Gasteiger partial charge in [-0.1, -0.05) is 25.1 Å². The molecule has 2 atom stereocenters. The Kier molecular flexibility index (Phi) is 2.11. The zero-order valence-electron chi connectivity index (χ0n) is 7.12. The summed E-state index contributed by atoms with van der Waals surface area (Å²) in [6.45, 7) is 2.20. The van der Waals surface area contributed by atoms with Gasteiger partial charge in [0, 0.05) is 5.56 Å². The first kappa shape index (κ1) is 8.14. The molecule has 0 aromatic heterocycles. The van der Waals surface area contributed by atoms with Crippen LogP contribution in [-0.4, -0.2) is 10.3 Å². The van der Waals surface area contributed by atoms with Crippen molar-refractivity contribution >= 4 is 11.2 Å². The van der Waals surface area contributed by atoms with Crippen LogP contribution in [-0.2, 0) is 11.2 Å². The second-order valence-electron chi connectivity index (χ2n) is 3.28. The summed E-state index contributed by atoms with van der Waals surface area (Å²) >= 11 is -0.736. The predicted molar refractivity (Wildman–Crippen MR) is 50.7 cm³/mol. The molecule has 0 bridgehead atoms. The number of fused-ring (bicyclic) bond motifs is 1. The van der Waals surface area contributed by atoms with Crippen LogP contribution < -0.4 is 0 Å². The van der Waals surface area contributed by atoms with E-state index in [0.717, 1.165) is 17.1 Å². The van der Waals surface area contributed by atoms with Crippen LogP contribution in [0.3, 0.4) is 0 Å². The number of rotatable bonds is 0. The smallest absolute Gasteiger partial charge is 0.156 e. The predicted octanol–water partition coefficient (Wildman–Crippen LogP) is 2.30. The minimum absolute atomic E-state index is 0.582. The van der Waals surface area contributed by atoms with Crippen LogP contribution in [0.25, 0.3) is 0 Å². The van der Waals surface area contributed by atoms with Gasteiger partial charge in [0.2, 0.25) is 0 Å². The molecule has 0 saturated heterocycles. The summed E-state index contributed by atoms with van der Waals surface area (Å²) in [5.41, 5.74) is 1.28. The molecule has 1 aliphatic heterocycles. The van der Waals surface area contributed by atoms with Gasteiger partial charge >= 0.3 is 0 Å².